The van der Waals surface area contributed by atoms with Crippen molar-refractivity contribution in [3.8, 4) is 6.07 Å². The van der Waals surface area contributed by atoms with Crippen molar-refractivity contribution in [1.82, 2.24) is 4.98 Å². The molecule has 0 bridgehead atoms. The maximum absolute atomic E-state index is 12.3. The second kappa shape index (κ2) is 4.45. The number of hydrogen-bond donors (Lipinski definition) is 0. The van der Waals surface area contributed by atoms with Crippen LogP contribution in [0, 0.1) is 18.5 Å². The van der Waals surface area contributed by atoms with E-state index in [1.807, 2.05) is 28.7 Å². The number of rotatable bonds is 1. The molecule has 0 aromatic carbocycles. The average Bonchev–Trinajstić information content (AvgIpc) is 2.04. The van der Waals surface area contributed by atoms with Gasteiger partial charge in [0.05, 0.1) is 12.7 Å². The lowest BCUT2D eigenvalue weighted by Crippen LogP contribution is -1.99. The van der Waals surface area contributed by atoms with Crippen LogP contribution in [0.4, 0.5) is 8.78 Å². The molecule has 1 rings (SSSR count). The van der Waals surface area contributed by atoms with Crippen LogP contribution in [0.2, 0.25) is 0 Å². The van der Waals surface area contributed by atoms with Gasteiger partial charge in [-0.25, -0.2) is 8.78 Å². The smallest absolute Gasteiger partial charge is 0.253 e. The van der Waals surface area contributed by atoms with Crippen molar-refractivity contribution in [1.29, 1.82) is 5.26 Å². The summed E-state index contributed by atoms with van der Waals surface area (Å²) in [5, 5.41) is 8.67. The van der Waals surface area contributed by atoms with Crippen molar-refractivity contribution in [2.45, 2.75) is 6.43 Å². The third kappa shape index (κ3) is 2.25. The van der Waals surface area contributed by atoms with Gasteiger partial charge < -0.3 is 0 Å². The van der Waals surface area contributed by atoms with Crippen LogP contribution in [-0.2, 0) is 0 Å². The van der Waals surface area contributed by atoms with E-state index in [2.05, 4.69) is 4.98 Å². The lowest BCUT2D eigenvalue weighted by atomic mass is 10.2. The van der Waals surface area contributed by atoms with Crippen LogP contribution in [0.1, 0.15) is 17.7 Å². The molecule has 0 atom stereocenters. The molecular weight excluding hydrogens is 404 g/mol. The Morgan fingerprint density at radius 1 is 1.46 bits per heavy atom. The summed E-state index contributed by atoms with van der Waals surface area (Å²) in [5.74, 6) is 0. The SMILES string of the molecule is N#Cc1c(I)cnc(C(F)F)c1I. The first-order valence-electron chi connectivity index (χ1n) is 3.10. The van der Waals surface area contributed by atoms with Gasteiger partial charge in [0, 0.05) is 6.20 Å². The van der Waals surface area contributed by atoms with Crippen LogP contribution in [0.25, 0.3) is 0 Å². The van der Waals surface area contributed by atoms with Gasteiger partial charge >= 0.3 is 0 Å². The van der Waals surface area contributed by atoms with Gasteiger partial charge in [-0.3, -0.25) is 4.98 Å². The lowest BCUT2D eigenvalue weighted by Gasteiger charge is -2.04. The van der Waals surface area contributed by atoms with Gasteiger partial charge in [-0.1, -0.05) is 0 Å². The Labute approximate surface area is 101 Å². The fraction of sp³-hybridized carbons (Fsp3) is 0.143. The highest BCUT2D eigenvalue weighted by Crippen LogP contribution is 2.26. The largest absolute Gasteiger partial charge is 0.281 e. The molecule has 0 aliphatic rings. The number of halogens is 4. The number of pyridine rings is 1. The zero-order chi connectivity index (χ0) is 10.0. The van der Waals surface area contributed by atoms with E-state index in [1.165, 1.54) is 6.20 Å². The van der Waals surface area contributed by atoms with Crippen molar-refractivity contribution in [3.05, 3.63) is 24.6 Å². The Kier molecular flexibility index (Phi) is 3.78. The molecule has 0 aliphatic heterocycles. The third-order valence-electron chi connectivity index (χ3n) is 1.32. The first-order valence-corrected chi connectivity index (χ1v) is 5.25. The summed E-state index contributed by atoms with van der Waals surface area (Å²) in [4.78, 5) is 3.57. The minimum atomic E-state index is -2.63. The van der Waals surface area contributed by atoms with Crippen molar-refractivity contribution in [2.24, 2.45) is 0 Å². The Bertz CT molecular complexity index is 373. The summed E-state index contributed by atoms with van der Waals surface area (Å²) < 4.78 is 25.4. The van der Waals surface area contributed by atoms with E-state index in [4.69, 9.17) is 5.26 Å². The molecule has 1 heterocycles. The molecular formula is C7H2F2I2N2. The monoisotopic (exact) mass is 406 g/mol. The molecule has 0 amide bonds. The highest BCUT2D eigenvalue weighted by atomic mass is 127. The first kappa shape index (κ1) is 11.0. The summed E-state index contributed by atoms with van der Waals surface area (Å²) in [6.45, 7) is 0. The Hall–Kier alpha value is -0.0400. The highest BCUT2D eigenvalue weighted by molar-refractivity contribution is 14.1. The molecule has 1 aromatic heterocycles. The van der Waals surface area contributed by atoms with Crippen LogP contribution in [-0.4, -0.2) is 4.98 Å². The third-order valence-corrected chi connectivity index (χ3v) is 3.23. The quantitative estimate of drug-likeness (QED) is 0.673. The van der Waals surface area contributed by atoms with Gasteiger partial charge in [0.15, 0.2) is 0 Å². The lowest BCUT2D eigenvalue weighted by molar-refractivity contribution is 0.145. The number of alkyl halides is 2. The Balaban J connectivity index is 3.38. The molecule has 68 valence electrons. The van der Waals surface area contributed by atoms with E-state index >= 15 is 0 Å². The highest BCUT2D eigenvalue weighted by Gasteiger charge is 2.17. The molecule has 13 heavy (non-hydrogen) atoms. The second-order valence-corrected chi connectivity index (χ2v) is 4.33. The number of nitrogens with zero attached hydrogens (tertiary/aromatic N) is 2. The van der Waals surface area contributed by atoms with E-state index in [-0.39, 0.29) is 14.8 Å². The van der Waals surface area contributed by atoms with E-state index in [0.29, 0.717) is 3.57 Å². The normalized spacial score (nSPS) is 10.2. The fourth-order valence-electron chi connectivity index (χ4n) is 0.735. The van der Waals surface area contributed by atoms with E-state index in [0.717, 1.165) is 0 Å². The fourth-order valence-corrected chi connectivity index (χ4v) is 2.57. The van der Waals surface area contributed by atoms with Crippen molar-refractivity contribution < 1.29 is 8.78 Å². The molecule has 0 N–H and O–H groups in total. The van der Waals surface area contributed by atoms with Gasteiger partial charge in [-0.15, -0.1) is 0 Å². The van der Waals surface area contributed by atoms with Crippen LogP contribution < -0.4 is 0 Å². The predicted molar refractivity (Wildman–Crippen MR) is 59.3 cm³/mol. The van der Waals surface area contributed by atoms with Gasteiger partial charge in [-0.05, 0) is 45.2 Å². The Morgan fingerprint density at radius 3 is 2.54 bits per heavy atom. The molecule has 0 unspecified atom stereocenters. The molecule has 0 radical (unpaired) electrons. The predicted octanol–water partition coefficient (Wildman–Crippen LogP) is 3.10. The van der Waals surface area contributed by atoms with E-state index in [9.17, 15) is 8.78 Å². The van der Waals surface area contributed by atoms with Crippen LogP contribution in [0.15, 0.2) is 6.20 Å². The van der Waals surface area contributed by atoms with Gasteiger partial charge in [0.2, 0.25) is 0 Å². The molecule has 0 saturated carbocycles. The summed E-state index contributed by atoms with van der Waals surface area (Å²) in [5.41, 5.74) is -0.0518. The zero-order valence-corrected chi connectivity index (χ0v) is 10.4. The number of hydrogen-bond acceptors (Lipinski definition) is 2. The Morgan fingerprint density at radius 2 is 2.08 bits per heavy atom. The second-order valence-electron chi connectivity index (χ2n) is 2.09. The van der Waals surface area contributed by atoms with Gasteiger partial charge in [0.1, 0.15) is 11.8 Å². The molecule has 0 spiro atoms. The molecule has 0 aliphatic carbocycles. The zero-order valence-electron chi connectivity index (χ0n) is 6.06. The minimum absolute atomic E-state index is 0.238. The van der Waals surface area contributed by atoms with Gasteiger partial charge in [0.25, 0.3) is 6.43 Å². The maximum Gasteiger partial charge on any atom is 0.281 e. The van der Waals surface area contributed by atoms with Crippen molar-refractivity contribution in [2.75, 3.05) is 0 Å². The number of aromatic nitrogens is 1. The van der Waals surface area contributed by atoms with Crippen LogP contribution >= 0.6 is 45.2 Å². The summed E-state index contributed by atoms with van der Waals surface area (Å²) in [6.07, 6.45) is -1.35. The van der Waals surface area contributed by atoms with Crippen molar-refractivity contribution in [3.63, 3.8) is 0 Å². The van der Waals surface area contributed by atoms with Crippen molar-refractivity contribution >= 4 is 45.2 Å². The summed E-state index contributed by atoms with van der Waals surface area (Å²) in [6, 6.07) is 1.87. The molecule has 2 nitrogen and oxygen atoms in total. The minimum Gasteiger partial charge on any atom is -0.253 e. The topological polar surface area (TPSA) is 36.7 Å². The summed E-state index contributed by atoms with van der Waals surface area (Å²) in [7, 11) is 0. The molecule has 1 aromatic rings. The standard InChI is InChI=1S/C7H2F2I2N2/c8-7(9)6-5(11)3(1-12)4(10)2-13-6/h2,7H. The van der Waals surface area contributed by atoms with Crippen LogP contribution in [0.5, 0.6) is 0 Å². The maximum atomic E-state index is 12.3. The van der Waals surface area contributed by atoms with E-state index in [1.54, 1.807) is 22.6 Å². The molecule has 6 heteroatoms. The number of nitriles is 1. The first-order chi connectivity index (χ1) is 6.07. The molecule has 0 fully saturated rings. The van der Waals surface area contributed by atoms with E-state index < -0.39 is 6.43 Å². The average molecular weight is 406 g/mol. The molecule has 0 saturated heterocycles. The van der Waals surface area contributed by atoms with Gasteiger partial charge in [-0.2, -0.15) is 5.26 Å². The summed E-state index contributed by atoms with van der Waals surface area (Å²) >= 11 is 3.60. The van der Waals surface area contributed by atoms with Crippen LogP contribution in [0.3, 0.4) is 0 Å².